The van der Waals surface area contributed by atoms with Crippen LogP contribution in [0.1, 0.15) is 24.4 Å². The molecule has 2 aromatic rings. The second-order valence-corrected chi connectivity index (χ2v) is 6.61. The van der Waals surface area contributed by atoms with E-state index < -0.39 is 30.0 Å². The first-order chi connectivity index (χ1) is 12.8. The molecule has 2 aliphatic heterocycles. The van der Waals surface area contributed by atoms with Gasteiger partial charge in [0.2, 0.25) is 0 Å². The molecule has 0 aromatic heterocycles. The highest BCUT2D eigenvalue weighted by Gasteiger charge is 2.44. The molecule has 0 spiro atoms. The van der Waals surface area contributed by atoms with Gasteiger partial charge < -0.3 is 15.0 Å². The lowest BCUT2D eigenvalue weighted by Gasteiger charge is -2.42. The van der Waals surface area contributed by atoms with E-state index in [0.29, 0.717) is 42.1 Å². The van der Waals surface area contributed by atoms with E-state index in [1.807, 2.05) is 4.90 Å². The van der Waals surface area contributed by atoms with E-state index in [2.05, 4.69) is 5.32 Å². The number of ether oxygens (including phenoxy) is 1. The number of hydrogen-bond donors (Lipinski definition) is 1. The maximum atomic E-state index is 13.9. The number of alkyl halides is 3. The van der Waals surface area contributed by atoms with Gasteiger partial charge in [0.25, 0.3) is 0 Å². The summed E-state index contributed by atoms with van der Waals surface area (Å²) in [6, 6.07) is 9.68. The quantitative estimate of drug-likeness (QED) is 0.750. The molecule has 2 aromatic carbocycles. The Balaban J connectivity index is 1.81. The average Bonchev–Trinajstić information content (AvgIpc) is 2.76. The van der Waals surface area contributed by atoms with E-state index >= 15 is 0 Å². The number of fused-ring (bicyclic) bond motifs is 5. The number of halogens is 4. The van der Waals surface area contributed by atoms with Crippen molar-refractivity contribution in [3.8, 4) is 11.5 Å². The number of anilines is 1. The van der Waals surface area contributed by atoms with Crippen LogP contribution in [0.15, 0.2) is 42.5 Å². The minimum atomic E-state index is -4.97. The molecule has 8 heteroatoms. The second kappa shape index (κ2) is 6.44. The Morgan fingerprint density at radius 3 is 2.70 bits per heavy atom. The molecule has 4 nitrogen and oxygen atoms in total. The van der Waals surface area contributed by atoms with Crippen LogP contribution in [0, 0.1) is 5.82 Å². The van der Waals surface area contributed by atoms with Crippen molar-refractivity contribution in [3.63, 3.8) is 0 Å². The van der Waals surface area contributed by atoms with Gasteiger partial charge in [0.05, 0.1) is 17.8 Å². The Morgan fingerprint density at radius 2 is 1.93 bits per heavy atom. The SMILES string of the molecule is O=C(N[C@@H]1CCCN2c3cc(F)ccc3Oc3ccccc3[C@@H]12)C(F)(F)F. The van der Waals surface area contributed by atoms with Crippen LogP contribution in [0.2, 0.25) is 0 Å². The fourth-order valence-electron chi connectivity index (χ4n) is 3.79. The fraction of sp³-hybridized carbons (Fsp3) is 0.316. The van der Waals surface area contributed by atoms with Gasteiger partial charge in [0, 0.05) is 18.2 Å². The van der Waals surface area contributed by atoms with Crippen LogP contribution < -0.4 is 15.0 Å². The first-order valence-corrected chi connectivity index (χ1v) is 8.55. The molecule has 2 aliphatic rings. The second-order valence-electron chi connectivity index (χ2n) is 6.61. The number of carbonyl (C=O) groups is 1. The van der Waals surface area contributed by atoms with Gasteiger partial charge in [-0.2, -0.15) is 13.2 Å². The van der Waals surface area contributed by atoms with Gasteiger partial charge >= 0.3 is 12.1 Å². The molecular weight excluding hydrogens is 364 g/mol. The summed E-state index contributed by atoms with van der Waals surface area (Å²) in [5.74, 6) is -1.54. The highest BCUT2D eigenvalue weighted by molar-refractivity contribution is 5.82. The van der Waals surface area contributed by atoms with Crippen LogP contribution >= 0.6 is 0 Å². The zero-order chi connectivity index (χ0) is 19.2. The van der Waals surface area contributed by atoms with Crippen LogP contribution in [-0.4, -0.2) is 24.7 Å². The van der Waals surface area contributed by atoms with Gasteiger partial charge in [0.15, 0.2) is 5.75 Å². The van der Waals surface area contributed by atoms with E-state index in [4.69, 9.17) is 4.74 Å². The maximum Gasteiger partial charge on any atom is 0.471 e. The first-order valence-electron chi connectivity index (χ1n) is 8.55. The molecule has 0 aliphatic carbocycles. The molecule has 1 amide bonds. The molecule has 4 rings (SSSR count). The highest BCUT2D eigenvalue weighted by Crippen LogP contribution is 2.47. The van der Waals surface area contributed by atoms with Gasteiger partial charge in [-0.3, -0.25) is 4.79 Å². The summed E-state index contributed by atoms with van der Waals surface area (Å²) in [5.41, 5.74) is 1.11. The van der Waals surface area contributed by atoms with Crippen molar-refractivity contribution in [3.05, 3.63) is 53.8 Å². The number of piperidine rings is 1. The van der Waals surface area contributed by atoms with E-state index in [9.17, 15) is 22.4 Å². The van der Waals surface area contributed by atoms with E-state index in [1.54, 1.807) is 24.3 Å². The topological polar surface area (TPSA) is 41.6 Å². The molecule has 2 heterocycles. The largest absolute Gasteiger partial charge is 0.471 e. The fourth-order valence-corrected chi connectivity index (χ4v) is 3.79. The third kappa shape index (κ3) is 3.20. The number of rotatable bonds is 1. The number of carbonyl (C=O) groups excluding carboxylic acids is 1. The van der Waals surface area contributed by atoms with Crippen molar-refractivity contribution in [2.45, 2.75) is 31.1 Å². The number of benzene rings is 2. The molecular formula is C19H16F4N2O2. The lowest BCUT2D eigenvalue weighted by Crippen LogP contribution is -2.52. The molecule has 1 fully saturated rings. The third-order valence-corrected chi connectivity index (χ3v) is 4.89. The molecule has 0 bridgehead atoms. The number of nitrogens with one attached hydrogen (secondary N) is 1. The smallest absolute Gasteiger partial charge is 0.455 e. The lowest BCUT2D eigenvalue weighted by atomic mass is 9.89. The molecule has 27 heavy (non-hydrogen) atoms. The summed E-state index contributed by atoms with van der Waals surface area (Å²) in [6.45, 7) is 0.511. The van der Waals surface area contributed by atoms with Crippen molar-refractivity contribution < 1.29 is 27.1 Å². The first kappa shape index (κ1) is 17.6. The van der Waals surface area contributed by atoms with Crippen LogP contribution in [0.3, 0.4) is 0 Å². The molecule has 0 unspecified atom stereocenters. The highest BCUT2D eigenvalue weighted by atomic mass is 19.4. The van der Waals surface area contributed by atoms with E-state index in [0.717, 1.165) is 0 Å². The van der Waals surface area contributed by atoms with Crippen LogP contribution in [0.5, 0.6) is 11.5 Å². The molecule has 0 saturated carbocycles. The Bertz CT molecular complexity index is 884. The summed E-state index contributed by atoms with van der Waals surface area (Å²) >= 11 is 0. The molecule has 0 radical (unpaired) electrons. The molecule has 142 valence electrons. The minimum absolute atomic E-state index is 0.377. The third-order valence-electron chi connectivity index (χ3n) is 4.89. The zero-order valence-electron chi connectivity index (χ0n) is 14.1. The van der Waals surface area contributed by atoms with Crippen molar-refractivity contribution in [1.29, 1.82) is 0 Å². The summed E-state index contributed by atoms with van der Waals surface area (Å²) in [6.07, 6.45) is -4.04. The van der Waals surface area contributed by atoms with Crippen molar-refractivity contribution in [2.24, 2.45) is 0 Å². The Morgan fingerprint density at radius 1 is 1.15 bits per heavy atom. The molecule has 2 atom stereocenters. The predicted octanol–water partition coefficient (Wildman–Crippen LogP) is 4.32. The van der Waals surface area contributed by atoms with Crippen LogP contribution in [0.4, 0.5) is 23.2 Å². The summed E-state index contributed by atoms with van der Waals surface area (Å²) in [7, 11) is 0. The Kier molecular flexibility index (Phi) is 4.20. The van der Waals surface area contributed by atoms with Crippen molar-refractivity contribution >= 4 is 11.6 Å². The number of para-hydroxylation sites is 1. The predicted molar refractivity (Wildman–Crippen MR) is 90.2 cm³/mol. The van der Waals surface area contributed by atoms with E-state index in [1.165, 1.54) is 18.2 Å². The van der Waals surface area contributed by atoms with Gasteiger partial charge in [0.1, 0.15) is 11.6 Å². The average molecular weight is 380 g/mol. The summed E-state index contributed by atoms with van der Waals surface area (Å²) < 4.78 is 58.2. The minimum Gasteiger partial charge on any atom is -0.455 e. The van der Waals surface area contributed by atoms with Gasteiger partial charge in [-0.25, -0.2) is 4.39 Å². The normalized spacial score (nSPS) is 21.3. The standard InChI is InChI=1S/C19H16F4N2O2/c20-11-7-8-16-14(10-11)25-9-3-5-13(24-18(26)19(21,22)23)17(25)12-4-1-2-6-15(12)27-16/h1-2,4,6-8,10,13,17H,3,5,9H2,(H,24,26)/t13-,17+/m1/s1. The molecule has 1 saturated heterocycles. The zero-order valence-corrected chi connectivity index (χ0v) is 14.1. The number of hydrogen-bond acceptors (Lipinski definition) is 3. The lowest BCUT2D eigenvalue weighted by molar-refractivity contribution is -0.174. The maximum absolute atomic E-state index is 13.9. The van der Waals surface area contributed by atoms with Gasteiger partial charge in [-0.05, 0) is 31.0 Å². The van der Waals surface area contributed by atoms with Crippen molar-refractivity contribution in [1.82, 2.24) is 5.32 Å². The summed E-state index contributed by atoms with van der Waals surface area (Å²) in [5, 5.41) is 2.12. The van der Waals surface area contributed by atoms with Gasteiger partial charge in [-0.15, -0.1) is 0 Å². The van der Waals surface area contributed by atoms with Crippen molar-refractivity contribution in [2.75, 3.05) is 11.4 Å². The molecule has 1 N–H and O–H groups in total. The summed E-state index contributed by atoms with van der Waals surface area (Å²) in [4.78, 5) is 13.4. The number of nitrogens with zero attached hydrogens (tertiary/aromatic N) is 1. The number of amides is 1. The van der Waals surface area contributed by atoms with Gasteiger partial charge in [-0.1, -0.05) is 18.2 Å². The van der Waals surface area contributed by atoms with E-state index in [-0.39, 0.29) is 0 Å². The van der Waals surface area contributed by atoms with Crippen LogP contribution in [0.25, 0.3) is 0 Å². The monoisotopic (exact) mass is 380 g/mol. The Labute approximate surface area is 152 Å². The Hall–Kier alpha value is -2.77. The van der Waals surface area contributed by atoms with Crippen LogP contribution in [-0.2, 0) is 4.79 Å².